The summed E-state index contributed by atoms with van der Waals surface area (Å²) in [5, 5.41) is 14.9. The van der Waals surface area contributed by atoms with Gasteiger partial charge in [-0.05, 0) is 36.4 Å². The standard InChI is InChI=1S/C15H17N3O3/c19-10-14-6-5-13(21-14)9-17-11-1-3-12(4-2-11)18-8-7-16-15(18)20/h1-6,17,19H,7-10H2,(H,16,20). The number of furan rings is 1. The number of carbonyl (C=O) groups excluding carboxylic acids is 1. The summed E-state index contributed by atoms with van der Waals surface area (Å²) in [6, 6.07) is 11.2. The number of benzene rings is 1. The first kappa shape index (κ1) is 13.5. The molecule has 6 heteroatoms. The van der Waals surface area contributed by atoms with Gasteiger partial charge < -0.3 is 20.2 Å². The quantitative estimate of drug-likeness (QED) is 0.785. The van der Waals surface area contributed by atoms with E-state index in [1.807, 2.05) is 30.3 Å². The van der Waals surface area contributed by atoms with Crippen LogP contribution in [0.1, 0.15) is 11.5 Å². The Bertz CT molecular complexity index is 621. The van der Waals surface area contributed by atoms with Crippen LogP contribution in [0.2, 0.25) is 0 Å². The van der Waals surface area contributed by atoms with Gasteiger partial charge in [-0.3, -0.25) is 4.90 Å². The van der Waals surface area contributed by atoms with Crippen molar-refractivity contribution in [2.45, 2.75) is 13.2 Å². The largest absolute Gasteiger partial charge is 0.462 e. The van der Waals surface area contributed by atoms with Crippen molar-refractivity contribution in [3.63, 3.8) is 0 Å². The second-order valence-corrected chi connectivity index (χ2v) is 4.81. The van der Waals surface area contributed by atoms with Gasteiger partial charge >= 0.3 is 6.03 Å². The Labute approximate surface area is 122 Å². The number of aliphatic hydroxyl groups is 1. The number of nitrogens with zero attached hydrogens (tertiary/aromatic N) is 1. The van der Waals surface area contributed by atoms with Crippen molar-refractivity contribution in [1.29, 1.82) is 0 Å². The van der Waals surface area contributed by atoms with Gasteiger partial charge in [-0.25, -0.2) is 4.79 Å². The maximum absolute atomic E-state index is 11.6. The van der Waals surface area contributed by atoms with Gasteiger partial charge in [-0.2, -0.15) is 0 Å². The summed E-state index contributed by atoms with van der Waals surface area (Å²) in [6.07, 6.45) is 0. The molecule has 3 rings (SSSR count). The van der Waals surface area contributed by atoms with E-state index in [-0.39, 0.29) is 12.6 Å². The topological polar surface area (TPSA) is 77.7 Å². The molecule has 1 aliphatic heterocycles. The highest BCUT2D eigenvalue weighted by Crippen LogP contribution is 2.20. The van der Waals surface area contributed by atoms with E-state index < -0.39 is 0 Å². The average Bonchev–Trinajstić information content (AvgIpc) is 3.14. The normalized spacial score (nSPS) is 14.3. The van der Waals surface area contributed by atoms with Gasteiger partial charge in [0.1, 0.15) is 18.1 Å². The molecule has 1 aliphatic rings. The summed E-state index contributed by atoms with van der Waals surface area (Å²) in [4.78, 5) is 13.3. The van der Waals surface area contributed by atoms with Crippen molar-refractivity contribution >= 4 is 17.4 Å². The Morgan fingerprint density at radius 3 is 2.57 bits per heavy atom. The van der Waals surface area contributed by atoms with E-state index >= 15 is 0 Å². The van der Waals surface area contributed by atoms with Crippen molar-refractivity contribution in [2.24, 2.45) is 0 Å². The van der Waals surface area contributed by atoms with E-state index in [0.717, 1.165) is 17.1 Å². The number of hydrogen-bond acceptors (Lipinski definition) is 4. The molecule has 3 N–H and O–H groups in total. The van der Waals surface area contributed by atoms with Crippen LogP contribution in [0.3, 0.4) is 0 Å². The number of carbonyl (C=O) groups is 1. The number of amides is 2. The molecule has 0 bridgehead atoms. The number of rotatable bonds is 5. The van der Waals surface area contributed by atoms with E-state index in [1.165, 1.54) is 0 Å². The van der Waals surface area contributed by atoms with E-state index in [2.05, 4.69) is 10.6 Å². The van der Waals surface area contributed by atoms with Crippen molar-refractivity contribution < 1.29 is 14.3 Å². The molecule has 0 atom stereocenters. The Morgan fingerprint density at radius 2 is 1.95 bits per heavy atom. The molecule has 1 aromatic heterocycles. The Morgan fingerprint density at radius 1 is 1.19 bits per heavy atom. The smallest absolute Gasteiger partial charge is 0.321 e. The van der Waals surface area contributed by atoms with E-state index in [9.17, 15) is 4.79 Å². The molecule has 2 aromatic rings. The summed E-state index contributed by atoms with van der Waals surface area (Å²) in [6.45, 7) is 1.84. The molecule has 2 amide bonds. The third kappa shape index (κ3) is 3.00. The van der Waals surface area contributed by atoms with E-state index in [0.29, 0.717) is 25.4 Å². The lowest BCUT2D eigenvalue weighted by Crippen LogP contribution is -2.27. The third-order valence-electron chi connectivity index (χ3n) is 3.38. The zero-order valence-corrected chi connectivity index (χ0v) is 11.5. The number of aliphatic hydroxyl groups excluding tert-OH is 1. The van der Waals surface area contributed by atoms with Crippen molar-refractivity contribution in [2.75, 3.05) is 23.3 Å². The molecule has 0 saturated carbocycles. The molecule has 110 valence electrons. The summed E-state index contributed by atoms with van der Waals surface area (Å²) in [7, 11) is 0. The minimum absolute atomic E-state index is 0.0529. The van der Waals surface area contributed by atoms with Gasteiger partial charge in [0.25, 0.3) is 0 Å². The van der Waals surface area contributed by atoms with E-state index in [4.69, 9.17) is 9.52 Å². The Kier molecular flexibility index (Phi) is 3.79. The van der Waals surface area contributed by atoms with Crippen molar-refractivity contribution in [1.82, 2.24) is 5.32 Å². The number of anilines is 2. The maximum atomic E-state index is 11.6. The zero-order valence-electron chi connectivity index (χ0n) is 11.5. The summed E-state index contributed by atoms with van der Waals surface area (Å²) < 4.78 is 5.40. The average molecular weight is 287 g/mol. The van der Waals surface area contributed by atoms with Crippen LogP contribution in [0.5, 0.6) is 0 Å². The molecule has 0 radical (unpaired) electrons. The molecule has 0 unspecified atom stereocenters. The molecule has 21 heavy (non-hydrogen) atoms. The van der Waals surface area contributed by atoms with Crippen molar-refractivity contribution in [3.8, 4) is 0 Å². The molecule has 1 saturated heterocycles. The van der Waals surface area contributed by atoms with Gasteiger partial charge in [-0.1, -0.05) is 0 Å². The van der Waals surface area contributed by atoms with Gasteiger partial charge in [-0.15, -0.1) is 0 Å². The fraction of sp³-hybridized carbons (Fsp3) is 0.267. The lowest BCUT2D eigenvalue weighted by molar-refractivity contribution is 0.244. The molecule has 0 aliphatic carbocycles. The fourth-order valence-corrected chi connectivity index (χ4v) is 2.27. The second-order valence-electron chi connectivity index (χ2n) is 4.81. The number of hydrogen-bond donors (Lipinski definition) is 3. The zero-order chi connectivity index (χ0) is 14.7. The minimum atomic E-state index is -0.0907. The lowest BCUT2D eigenvalue weighted by Gasteiger charge is -2.14. The van der Waals surface area contributed by atoms with Crippen molar-refractivity contribution in [3.05, 3.63) is 47.9 Å². The van der Waals surface area contributed by atoms with Crippen LogP contribution in [0.25, 0.3) is 0 Å². The van der Waals surface area contributed by atoms with Gasteiger partial charge in [0, 0.05) is 24.5 Å². The molecular formula is C15H17N3O3. The van der Waals surface area contributed by atoms with Gasteiger partial charge in [0.05, 0.1) is 6.54 Å². The van der Waals surface area contributed by atoms with Gasteiger partial charge in [0.15, 0.2) is 0 Å². The molecule has 1 fully saturated rings. The highest BCUT2D eigenvalue weighted by Gasteiger charge is 2.20. The fourth-order valence-electron chi connectivity index (χ4n) is 2.27. The Hall–Kier alpha value is -2.47. The van der Waals surface area contributed by atoms with Crippen LogP contribution in [0.4, 0.5) is 16.2 Å². The predicted octanol–water partition coefficient (Wildman–Crippen LogP) is 1.91. The summed E-state index contributed by atoms with van der Waals surface area (Å²) in [5.74, 6) is 1.32. The van der Waals surface area contributed by atoms with Crippen LogP contribution in [-0.4, -0.2) is 24.2 Å². The van der Waals surface area contributed by atoms with Gasteiger partial charge in [0.2, 0.25) is 0 Å². The predicted molar refractivity (Wildman–Crippen MR) is 79.1 cm³/mol. The Balaban J connectivity index is 1.60. The summed E-state index contributed by atoms with van der Waals surface area (Å²) in [5.41, 5.74) is 1.83. The first-order chi connectivity index (χ1) is 10.3. The number of urea groups is 1. The SMILES string of the molecule is O=C1NCCN1c1ccc(NCc2ccc(CO)o2)cc1. The van der Waals surface area contributed by atoms with Crippen LogP contribution in [-0.2, 0) is 13.2 Å². The lowest BCUT2D eigenvalue weighted by atomic mass is 10.2. The molecule has 0 spiro atoms. The van der Waals surface area contributed by atoms with Crippen LogP contribution < -0.4 is 15.5 Å². The highest BCUT2D eigenvalue weighted by atomic mass is 16.4. The third-order valence-corrected chi connectivity index (χ3v) is 3.38. The minimum Gasteiger partial charge on any atom is -0.462 e. The maximum Gasteiger partial charge on any atom is 0.321 e. The van der Waals surface area contributed by atoms with Crippen LogP contribution in [0.15, 0.2) is 40.8 Å². The molecule has 6 nitrogen and oxygen atoms in total. The molecule has 2 heterocycles. The van der Waals surface area contributed by atoms with E-state index in [1.54, 1.807) is 11.0 Å². The molecular weight excluding hydrogens is 270 g/mol. The second kappa shape index (κ2) is 5.88. The highest BCUT2D eigenvalue weighted by molar-refractivity contribution is 5.94. The van der Waals surface area contributed by atoms with Crippen LogP contribution in [0, 0.1) is 0 Å². The first-order valence-corrected chi connectivity index (χ1v) is 6.84. The first-order valence-electron chi connectivity index (χ1n) is 6.84. The van der Waals surface area contributed by atoms with Crippen LogP contribution >= 0.6 is 0 Å². The summed E-state index contributed by atoms with van der Waals surface area (Å²) >= 11 is 0. The molecule has 1 aromatic carbocycles. The monoisotopic (exact) mass is 287 g/mol. The number of nitrogens with one attached hydrogen (secondary N) is 2.